The van der Waals surface area contributed by atoms with E-state index in [0.717, 1.165) is 6.07 Å². The number of methoxy groups -OCH3 is 1. The first-order chi connectivity index (χ1) is 12.5. The normalized spacial score (nSPS) is 11.0. The molecule has 0 saturated carbocycles. The Morgan fingerprint density at radius 1 is 1.11 bits per heavy atom. The van der Waals surface area contributed by atoms with Gasteiger partial charge >= 0.3 is 5.97 Å². The number of nitrogens with one attached hydrogen (secondary N) is 1. The van der Waals surface area contributed by atoms with Gasteiger partial charge in [-0.3, -0.25) is 19.6 Å². The lowest BCUT2D eigenvalue weighted by Gasteiger charge is -2.15. The maximum atomic E-state index is 12.8. The third-order valence-corrected chi connectivity index (χ3v) is 5.28. The molecule has 0 aliphatic carbocycles. The summed E-state index contributed by atoms with van der Waals surface area (Å²) in [5, 5.41) is 11.3. The van der Waals surface area contributed by atoms with Crippen LogP contribution < -0.4 is 14.2 Å². The second-order valence-corrected chi connectivity index (χ2v) is 7.34. The molecule has 2 rings (SSSR count). The van der Waals surface area contributed by atoms with E-state index in [9.17, 15) is 23.3 Å². The first kappa shape index (κ1) is 20.2. The van der Waals surface area contributed by atoms with Gasteiger partial charge in [-0.05, 0) is 49.2 Å². The van der Waals surface area contributed by atoms with Crippen LogP contribution in [-0.4, -0.2) is 26.4 Å². The van der Waals surface area contributed by atoms with Crippen LogP contribution in [-0.2, 0) is 14.8 Å². The first-order valence-electron chi connectivity index (χ1n) is 7.70. The summed E-state index contributed by atoms with van der Waals surface area (Å²) < 4.78 is 37.8. The number of carbonyl (C=O) groups is 1. The quantitative estimate of drug-likeness (QED) is 0.345. The number of hydrogen-bond acceptors (Lipinski definition) is 7. The lowest BCUT2D eigenvalue weighted by Crippen LogP contribution is -2.17. The molecule has 0 heterocycles. The van der Waals surface area contributed by atoms with Crippen molar-refractivity contribution in [2.75, 3.05) is 11.8 Å². The fraction of sp³-hybridized carbons (Fsp3) is 0.235. The molecule has 1 N–H and O–H groups in total. The maximum absolute atomic E-state index is 12.8. The number of anilines is 1. The molecular weight excluding hydrogens is 376 g/mol. The topological polar surface area (TPSA) is 125 Å². The van der Waals surface area contributed by atoms with Crippen LogP contribution in [0.4, 0.5) is 11.4 Å². The highest BCUT2D eigenvalue weighted by atomic mass is 32.2. The number of nitro benzene ring substituents is 1. The third-order valence-electron chi connectivity index (χ3n) is 3.61. The third kappa shape index (κ3) is 4.53. The van der Waals surface area contributed by atoms with E-state index >= 15 is 0 Å². The Kier molecular flexibility index (Phi) is 5.69. The molecule has 0 atom stereocenters. The smallest absolute Gasteiger partial charge is 0.308 e. The van der Waals surface area contributed by atoms with Gasteiger partial charge < -0.3 is 9.47 Å². The molecule has 0 spiro atoms. The molecule has 0 radical (unpaired) electrons. The molecular formula is C17H18N2O7S. The lowest BCUT2D eigenvalue weighted by atomic mass is 10.1. The monoisotopic (exact) mass is 394 g/mol. The molecule has 0 saturated heterocycles. The second-order valence-electron chi connectivity index (χ2n) is 5.73. The molecule has 144 valence electrons. The van der Waals surface area contributed by atoms with Crippen LogP contribution in [0.5, 0.6) is 11.5 Å². The Hall–Kier alpha value is -3.14. The minimum absolute atomic E-state index is 0.0523. The van der Waals surface area contributed by atoms with Crippen LogP contribution >= 0.6 is 0 Å². The number of carbonyl (C=O) groups excluding carboxylic acids is 1. The van der Waals surface area contributed by atoms with Gasteiger partial charge in [0.05, 0.1) is 23.0 Å². The Labute approximate surface area is 156 Å². The molecule has 0 bridgehead atoms. The predicted octanol–water partition coefficient (Wildman–Crippen LogP) is 2.95. The van der Waals surface area contributed by atoms with Gasteiger partial charge in [-0.2, -0.15) is 0 Å². The molecule has 0 unspecified atom stereocenters. The largest absolute Gasteiger partial charge is 0.496 e. The van der Waals surface area contributed by atoms with Crippen LogP contribution in [0.1, 0.15) is 18.1 Å². The van der Waals surface area contributed by atoms with E-state index < -0.39 is 26.6 Å². The Morgan fingerprint density at radius 3 is 2.19 bits per heavy atom. The Balaban J connectivity index is 2.49. The van der Waals surface area contributed by atoms with Crippen molar-refractivity contribution in [2.24, 2.45) is 0 Å². The van der Waals surface area contributed by atoms with Gasteiger partial charge in [0, 0.05) is 6.92 Å². The van der Waals surface area contributed by atoms with Crippen molar-refractivity contribution in [3.63, 3.8) is 0 Å². The molecule has 9 nitrogen and oxygen atoms in total. The number of sulfonamides is 1. The maximum Gasteiger partial charge on any atom is 0.308 e. The van der Waals surface area contributed by atoms with Crippen LogP contribution in [0.3, 0.4) is 0 Å². The number of esters is 1. The average molecular weight is 394 g/mol. The number of rotatable bonds is 6. The molecule has 0 aliphatic heterocycles. The average Bonchev–Trinajstić information content (AvgIpc) is 2.52. The van der Waals surface area contributed by atoms with Gasteiger partial charge in [0.1, 0.15) is 17.2 Å². The van der Waals surface area contributed by atoms with Gasteiger partial charge in [-0.15, -0.1) is 0 Å². The van der Waals surface area contributed by atoms with Crippen LogP contribution in [0.2, 0.25) is 0 Å². The van der Waals surface area contributed by atoms with Gasteiger partial charge in [-0.1, -0.05) is 0 Å². The SMILES string of the molecule is COc1ccc(NS(=O)(=O)c2c(C)cc(OC(C)=O)cc2C)c([N+](=O)[O-])c1. The molecule has 0 aromatic heterocycles. The van der Waals surface area contributed by atoms with Crippen molar-refractivity contribution in [2.45, 2.75) is 25.7 Å². The fourth-order valence-corrected chi connectivity index (χ4v) is 4.16. The van der Waals surface area contributed by atoms with Crippen molar-refractivity contribution in [3.8, 4) is 11.5 Å². The molecule has 2 aromatic rings. The Bertz CT molecular complexity index is 993. The molecule has 10 heteroatoms. The summed E-state index contributed by atoms with van der Waals surface area (Å²) in [7, 11) is -2.78. The summed E-state index contributed by atoms with van der Waals surface area (Å²) in [4.78, 5) is 21.6. The summed E-state index contributed by atoms with van der Waals surface area (Å²) >= 11 is 0. The predicted molar refractivity (Wildman–Crippen MR) is 97.7 cm³/mol. The fourth-order valence-electron chi connectivity index (χ4n) is 2.63. The van der Waals surface area contributed by atoms with Crippen molar-refractivity contribution in [1.29, 1.82) is 0 Å². The summed E-state index contributed by atoms with van der Waals surface area (Å²) in [6.45, 7) is 4.31. The zero-order valence-corrected chi connectivity index (χ0v) is 15.9. The van der Waals surface area contributed by atoms with E-state index in [4.69, 9.17) is 9.47 Å². The van der Waals surface area contributed by atoms with E-state index in [1.54, 1.807) is 0 Å². The summed E-state index contributed by atoms with van der Waals surface area (Å²) in [5.41, 5.74) is 0.0262. The molecule has 0 amide bonds. The van der Waals surface area contributed by atoms with Gasteiger partial charge in [-0.25, -0.2) is 8.42 Å². The molecule has 2 aromatic carbocycles. The minimum Gasteiger partial charge on any atom is -0.496 e. The van der Waals surface area contributed by atoms with Crippen molar-refractivity contribution in [3.05, 3.63) is 51.6 Å². The highest BCUT2D eigenvalue weighted by Gasteiger charge is 2.25. The number of ether oxygens (including phenoxy) is 2. The van der Waals surface area contributed by atoms with Crippen molar-refractivity contribution in [1.82, 2.24) is 0 Å². The van der Waals surface area contributed by atoms with Crippen LogP contribution in [0.25, 0.3) is 0 Å². The summed E-state index contributed by atoms with van der Waals surface area (Å²) in [5.74, 6) is -0.0917. The number of aryl methyl sites for hydroxylation is 2. The van der Waals surface area contributed by atoms with E-state index in [-0.39, 0.29) is 22.1 Å². The lowest BCUT2D eigenvalue weighted by molar-refractivity contribution is -0.384. The first-order valence-corrected chi connectivity index (χ1v) is 9.18. The number of hydrogen-bond donors (Lipinski definition) is 1. The second kappa shape index (κ2) is 7.62. The van der Waals surface area contributed by atoms with E-state index in [0.29, 0.717) is 11.1 Å². The number of benzene rings is 2. The van der Waals surface area contributed by atoms with E-state index in [1.807, 2.05) is 0 Å². The highest BCUT2D eigenvalue weighted by Crippen LogP contribution is 2.33. The molecule has 0 fully saturated rings. The number of nitrogens with zero attached hydrogens (tertiary/aromatic N) is 1. The van der Waals surface area contributed by atoms with Crippen LogP contribution in [0.15, 0.2) is 35.2 Å². The van der Waals surface area contributed by atoms with E-state index in [1.165, 1.54) is 52.1 Å². The molecule has 0 aliphatic rings. The van der Waals surface area contributed by atoms with Crippen molar-refractivity contribution < 1.29 is 27.6 Å². The van der Waals surface area contributed by atoms with Gasteiger partial charge in [0.25, 0.3) is 15.7 Å². The highest BCUT2D eigenvalue weighted by molar-refractivity contribution is 7.92. The van der Waals surface area contributed by atoms with Gasteiger partial charge in [0.15, 0.2) is 0 Å². The number of nitro groups is 1. The standard InChI is InChI=1S/C17H18N2O7S/c1-10-7-14(26-12(3)20)8-11(2)17(10)27(23,24)18-15-6-5-13(25-4)9-16(15)19(21)22/h5-9,18H,1-4H3. The summed E-state index contributed by atoms with van der Waals surface area (Å²) in [6, 6.07) is 6.61. The zero-order chi connectivity index (χ0) is 20.4. The Morgan fingerprint density at radius 2 is 1.70 bits per heavy atom. The van der Waals surface area contributed by atoms with Crippen LogP contribution in [0, 0.1) is 24.0 Å². The minimum atomic E-state index is -4.13. The van der Waals surface area contributed by atoms with Gasteiger partial charge in [0.2, 0.25) is 0 Å². The molecule has 27 heavy (non-hydrogen) atoms. The summed E-state index contributed by atoms with van der Waals surface area (Å²) in [6.07, 6.45) is 0. The zero-order valence-electron chi connectivity index (χ0n) is 15.1. The van der Waals surface area contributed by atoms with E-state index in [2.05, 4.69) is 4.72 Å². The van der Waals surface area contributed by atoms with Crippen molar-refractivity contribution >= 4 is 27.4 Å².